The van der Waals surface area contributed by atoms with Gasteiger partial charge in [-0.25, -0.2) is 10.0 Å². The number of nitrogens with zero attached hydrogens (tertiary/aromatic N) is 2. The van der Waals surface area contributed by atoms with Crippen LogP contribution in [-0.2, 0) is 4.84 Å². The van der Waals surface area contributed by atoms with E-state index in [1.807, 2.05) is 19.1 Å². The van der Waals surface area contributed by atoms with Gasteiger partial charge in [0.15, 0.2) is 5.82 Å². The highest BCUT2D eigenvalue weighted by Crippen LogP contribution is 2.23. The quantitative estimate of drug-likeness (QED) is 0.701. The maximum absolute atomic E-state index is 5.79. The molecule has 0 aromatic carbocycles. The zero-order valence-corrected chi connectivity index (χ0v) is 7.66. The number of nitrogen functional groups attached to an aromatic ring is 1. The van der Waals surface area contributed by atoms with Crippen LogP contribution in [0.4, 0.5) is 11.5 Å². The van der Waals surface area contributed by atoms with E-state index >= 15 is 0 Å². The standard InChI is InChI=1S/C9H13N3O/c1-7-3-4-8(10)9(11-7)12-5-2-6-13-12/h3-4H,2,5-6,10H2,1H3. The molecule has 2 N–H and O–H groups in total. The van der Waals surface area contributed by atoms with Gasteiger partial charge in [-0.1, -0.05) is 0 Å². The molecule has 0 unspecified atom stereocenters. The predicted octanol–water partition coefficient (Wildman–Crippen LogP) is 1.11. The lowest BCUT2D eigenvalue weighted by Crippen LogP contribution is -2.19. The molecular formula is C9H13N3O. The van der Waals surface area contributed by atoms with Crippen molar-refractivity contribution in [3.05, 3.63) is 17.8 Å². The zero-order chi connectivity index (χ0) is 9.26. The van der Waals surface area contributed by atoms with E-state index in [9.17, 15) is 0 Å². The summed E-state index contributed by atoms with van der Waals surface area (Å²) in [6.45, 7) is 3.58. The summed E-state index contributed by atoms with van der Waals surface area (Å²) in [5.74, 6) is 0.748. The molecule has 0 radical (unpaired) electrons. The molecule has 0 saturated carbocycles. The molecule has 2 heterocycles. The van der Waals surface area contributed by atoms with Crippen molar-refractivity contribution in [1.82, 2.24) is 4.98 Å². The van der Waals surface area contributed by atoms with Crippen LogP contribution in [-0.4, -0.2) is 18.1 Å². The molecule has 0 amide bonds. The summed E-state index contributed by atoms with van der Waals surface area (Å²) in [5.41, 5.74) is 7.42. The Morgan fingerprint density at radius 1 is 1.54 bits per heavy atom. The molecule has 1 aromatic heterocycles. The van der Waals surface area contributed by atoms with Crippen molar-refractivity contribution < 1.29 is 4.84 Å². The first-order valence-corrected chi connectivity index (χ1v) is 4.41. The molecule has 2 rings (SSSR count). The van der Waals surface area contributed by atoms with Gasteiger partial charge in [-0.05, 0) is 25.5 Å². The normalized spacial score (nSPS) is 16.5. The maximum atomic E-state index is 5.79. The summed E-state index contributed by atoms with van der Waals surface area (Å²) < 4.78 is 0. The van der Waals surface area contributed by atoms with Crippen molar-refractivity contribution >= 4 is 11.5 Å². The highest BCUT2D eigenvalue weighted by atomic mass is 16.7. The Balaban J connectivity index is 2.32. The second-order valence-corrected chi connectivity index (χ2v) is 3.15. The molecule has 70 valence electrons. The zero-order valence-electron chi connectivity index (χ0n) is 7.66. The van der Waals surface area contributed by atoms with Crippen LogP contribution in [0, 0.1) is 6.92 Å². The van der Waals surface area contributed by atoms with Crippen LogP contribution < -0.4 is 10.8 Å². The molecule has 1 aliphatic rings. The van der Waals surface area contributed by atoms with E-state index in [0.717, 1.165) is 31.1 Å². The van der Waals surface area contributed by atoms with Gasteiger partial charge in [0.1, 0.15) is 0 Å². The Hall–Kier alpha value is -1.29. The molecule has 1 aliphatic heterocycles. The van der Waals surface area contributed by atoms with Crippen molar-refractivity contribution in [3.8, 4) is 0 Å². The van der Waals surface area contributed by atoms with Crippen LogP contribution in [0.1, 0.15) is 12.1 Å². The highest BCUT2D eigenvalue weighted by Gasteiger charge is 2.17. The molecule has 1 aromatic rings. The molecule has 0 bridgehead atoms. The van der Waals surface area contributed by atoms with E-state index in [1.165, 1.54) is 0 Å². The average Bonchev–Trinajstić information content (AvgIpc) is 2.61. The summed E-state index contributed by atoms with van der Waals surface area (Å²) in [4.78, 5) is 9.70. The van der Waals surface area contributed by atoms with Gasteiger partial charge in [-0.3, -0.25) is 4.84 Å². The number of aromatic nitrogens is 1. The molecule has 1 fully saturated rings. The third kappa shape index (κ3) is 1.58. The number of hydroxylamine groups is 1. The van der Waals surface area contributed by atoms with Gasteiger partial charge in [0.2, 0.25) is 0 Å². The number of hydrogen-bond donors (Lipinski definition) is 1. The lowest BCUT2D eigenvalue weighted by Gasteiger charge is -2.16. The highest BCUT2D eigenvalue weighted by molar-refractivity contribution is 5.61. The van der Waals surface area contributed by atoms with Gasteiger partial charge >= 0.3 is 0 Å². The van der Waals surface area contributed by atoms with Crippen molar-refractivity contribution in [3.63, 3.8) is 0 Å². The van der Waals surface area contributed by atoms with Gasteiger partial charge in [0.05, 0.1) is 12.3 Å². The lowest BCUT2D eigenvalue weighted by molar-refractivity contribution is 0.166. The lowest BCUT2D eigenvalue weighted by atomic mass is 10.3. The molecule has 4 nitrogen and oxygen atoms in total. The Morgan fingerprint density at radius 2 is 2.38 bits per heavy atom. The van der Waals surface area contributed by atoms with Crippen molar-refractivity contribution in [2.75, 3.05) is 23.9 Å². The fourth-order valence-electron chi connectivity index (χ4n) is 1.37. The molecule has 13 heavy (non-hydrogen) atoms. The minimum atomic E-state index is 0.674. The Labute approximate surface area is 77.3 Å². The van der Waals surface area contributed by atoms with Crippen LogP contribution in [0.25, 0.3) is 0 Å². The summed E-state index contributed by atoms with van der Waals surface area (Å²) in [6, 6.07) is 3.76. The molecule has 0 atom stereocenters. The number of pyridine rings is 1. The van der Waals surface area contributed by atoms with E-state index in [0.29, 0.717) is 5.69 Å². The average molecular weight is 179 g/mol. The van der Waals surface area contributed by atoms with Gasteiger partial charge in [-0.2, -0.15) is 0 Å². The van der Waals surface area contributed by atoms with Gasteiger partial charge in [0, 0.05) is 12.2 Å². The topological polar surface area (TPSA) is 51.4 Å². The minimum absolute atomic E-state index is 0.674. The first-order chi connectivity index (χ1) is 6.27. The SMILES string of the molecule is Cc1ccc(N)c(N2CCCO2)n1. The number of aryl methyl sites for hydroxylation is 1. The van der Waals surface area contributed by atoms with Crippen LogP contribution in [0.15, 0.2) is 12.1 Å². The van der Waals surface area contributed by atoms with E-state index in [-0.39, 0.29) is 0 Å². The van der Waals surface area contributed by atoms with E-state index in [1.54, 1.807) is 5.06 Å². The first-order valence-electron chi connectivity index (χ1n) is 4.41. The largest absolute Gasteiger partial charge is 0.396 e. The van der Waals surface area contributed by atoms with E-state index in [4.69, 9.17) is 10.6 Å². The van der Waals surface area contributed by atoms with Crippen LogP contribution in [0.3, 0.4) is 0 Å². The Bertz CT molecular complexity index is 308. The van der Waals surface area contributed by atoms with Crippen LogP contribution in [0.2, 0.25) is 0 Å². The van der Waals surface area contributed by atoms with Gasteiger partial charge in [-0.15, -0.1) is 0 Å². The third-order valence-corrected chi connectivity index (χ3v) is 2.03. The number of rotatable bonds is 1. The summed E-state index contributed by atoms with van der Waals surface area (Å²) >= 11 is 0. The van der Waals surface area contributed by atoms with Crippen molar-refractivity contribution in [2.24, 2.45) is 0 Å². The fraction of sp³-hybridized carbons (Fsp3) is 0.444. The Morgan fingerprint density at radius 3 is 3.08 bits per heavy atom. The van der Waals surface area contributed by atoms with Crippen molar-refractivity contribution in [2.45, 2.75) is 13.3 Å². The second-order valence-electron chi connectivity index (χ2n) is 3.15. The van der Waals surface area contributed by atoms with Crippen molar-refractivity contribution in [1.29, 1.82) is 0 Å². The fourth-order valence-corrected chi connectivity index (χ4v) is 1.37. The molecule has 0 spiro atoms. The maximum Gasteiger partial charge on any atom is 0.176 e. The Kier molecular flexibility index (Phi) is 2.06. The molecular weight excluding hydrogens is 166 g/mol. The number of anilines is 2. The summed E-state index contributed by atoms with van der Waals surface area (Å²) in [6.07, 6.45) is 1.04. The van der Waals surface area contributed by atoms with Gasteiger partial charge < -0.3 is 5.73 Å². The predicted molar refractivity (Wildman–Crippen MR) is 51.3 cm³/mol. The third-order valence-electron chi connectivity index (χ3n) is 2.03. The summed E-state index contributed by atoms with van der Waals surface area (Å²) in [5, 5.41) is 1.77. The summed E-state index contributed by atoms with van der Waals surface area (Å²) in [7, 11) is 0. The smallest absolute Gasteiger partial charge is 0.176 e. The van der Waals surface area contributed by atoms with Crippen LogP contribution >= 0.6 is 0 Å². The molecule has 1 saturated heterocycles. The first kappa shape index (κ1) is 8.31. The van der Waals surface area contributed by atoms with Gasteiger partial charge in [0.25, 0.3) is 0 Å². The number of nitrogens with two attached hydrogens (primary N) is 1. The molecule has 4 heteroatoms. The number of hydrogen-bond acceptors (Lipinski definition) is 4. The monoisotopic (exact) mass is 179 g/mol. The molecule has 0 aliphatic carbocycles. The second kappa shape index (κ2) is 3.22. The van der Waals surface area contributed by atoms with Crippen LogP contribution in [0.5, 0.6) is 0 Å². The van der Waals surface area contributed by atoms with E-state index < -0.39 is 0 Å². The van der Waals surface area contributed by atoms with E-state index in [2.05, 4.69) is 4.98 Å². The minimum Gasteiger partial charge on any atom is -0.396 e.